The number of fused-ring (bicyclic) bond motifs is 1. The van der Waals surface area contributed by atoms with Gasteiger partial charge in [0.15, 0.2) is 5.69 Å². The maximum Gasteiger partial charge on any atom is 0.357 e. The van der Waals surface area contributed by atoms with Gasteiger partial charge in [0.05, 0.1) is 17.4 Å². The molecule has 0 unspecified atom stereocenters. The second-order valence-corrected chi connectivity index (χ2v) is 5.10. The number of rotatable bonds is 3. The summed E-state index contributed by atoms with van der Waals surface area (Å²) in [6, 6.07) is 6.58. The molecule has 1 aromatic carbocycles. The number of carboxylic acids is 1. The van der Waals surface area contributed by atoms with Crippen LogP contribution in [0.25, 0.3) is 10.8 Å². The molecule has 7 heteroatoms. The molecule has 2 aromatic heterocycles. The van der Waals surface area contributed by atoms with Crippen molar-refractivity contribution < 1.29 is 9.90 Å². The van der Waals surface area contributed by atoms with Gasteiger partial charge in [0.25, 0.3) is 5.56 Å². The summed E-state index contributed by atoms with van der Waals surface area (Å²) in [4.78, 5) is 28.4. The molecule has 3 rings (SSSR count). The Labute approximate surface area is 116 Å². The monoisotopic (exact) mass is 287 g/mol. The van der Waals surface area contributed by atoms with Gasteiger partial charge in [-0.05, 0) is 6.07 Å². The molecule has 0 atom stereocenters. The SMILES string of the molecule is O=C(O)c1nn(Cc2cncs2)c(=O)c2ccccc12. The molecule has 0 fully saturated rings. The molecule has 0 aliphatic carbocycles. The summed E-state index contributed by atoms with van der Waals surface area (Å²) in [5.74, 6) is -1.15. The Morgan fingerprint density at radius 2 is 2.05 bits per heavy atom. The van der Waals surface area contributed by atoms with Crippen LogP contribution in [0.1, 0.15) is 15.4 Å². The molecule has 20 heavy (non-hydrogen) atoms. The van der Waals surface area contributed by atoms with Crippen LogP contribution >= 0.6 is 11.3 Å². The Hall–Kier alpha value is -2.54. The van der Waals surface area contributed by atoms with Gasteiger partial charge in [-0.15, -0.1) is 11.3 Å². The summed E-state index contributed by atoms with van der Waals surface area (Å²) >= 11 is 1.39. The zero-order chi connectivity index (χ0) is 14.1. The van der Waals surface area contributed by atoms with Gasteiger partial charge in [0.1, 0.15) is 0 Å². The Bertz CT molecular complexity index is 840. The minimum absolute atomic E-state index is 0.121. The van der Waals surface area contributed by atoms with Crippen molar-refractivity contribution in [2.75, 3.05) is 0 Å². The highest BCUT2D eigenvalue weighted by atomic mass is 32.1. The number of benzene rings is 1. The fourth-order valence-electron chi connectivity index (χ4n) is 1.97. The minimum Gasteiger partial charge on any atom is -0.476 e. The summed E-state index contributed by atoms with van der Waals surface area (Å²) in [6.45, 7) is 0.217. The van der Waals surface area contributed by atoms with Crippen LogP contribution in [0.3, 0.4) is 0 Å². The lowest BCUT2D eigenvalue weighted by Crippen LogP contribution is -2.26. The van der Waals surface area contributed by atoms with Gasteiger partial charge in [0.2, 0.25) is 0 Å². The number of aromatic carboxylic acids is 1. The minimum atomic E-state index is -1.15. The topological polar surface area (TPSA) is 85.1 Å². The van der Waals surface area contributed by atoms with Crippen molar-refractivity contribution in [1.82, 2.24) is 14.8 Å². The lowest BCUT2D eigenvalue weighted by molar-refractivity contribution is 0.0690. The van der Waals surface area contributed by atoms with Crippen molar-refractivity contribution in [3.8, 4) is 0 Å². The number of hydrogen-bond donors (Lipinski definition) is 1. The number of thiazole rings is 1. The zero-order valence-electron chi connectivity index (χ0n) is 10.2. The predicted molar refractivity (Wildman–Crippen MR) is 74.2 cm³/mol. The Kier molecular flexibility index (Phi) is 3.03. The molecule has 0 aliphatic heterocycles. The van der Waals surface area contributed by atoms with Gasteiger partial charge in [-0.3, -0.25) is 9.78 Å². The lowest BCUT2D eigenvalue weighted by atomic mass is 10.1. The molecule has 0 amide bonds. The maximum atomic E-state index is 12.3. The van der Waals surface area contributed by atoms with Crippen LogP contribution in [0.2, 0.25) is 0 Å². The van der Waals surface area contributed by atoms with E-state index in [4.69, 9.17) is 0 Å². The van der Waals surface area contributed by atoms with Crippen LogP contribution in [-0.4, -0.2) is 25.8 Å². The van der Waals surface area contributed by atoms with E-state index in [0.717, 1.165) is 4.88 Å². The van der Waals surface area contributed by atoms with Crippen molar-refractivity contribution in [2.24, 2.45) is 0 Å². The molecular weight excluding hydrogens is 278 g/mol. The van der Waals surface area contributed by atoms with Crippen LogP contribution in [0.4, 0.5) is 0 Å². The molecule has 6 nitrogen and oxygen atoms in total. The third-order valence-electron chi connectivity index (χ3n) is 2.86. The largest absolute Gasteiger partial charge is 0.476 e. The standard InChI is InChI=1S/C13H9N3O3S/c17-12-10-4-2-1-3-9(10)11(13(18)19)15-16(12)6-8-5-14-7-20-8/h1-5,7H,6H2,(H,18,19). The zero-order valence-corrected chi connectivity index (χ0v) is 11.0. The van der Waals surface area contributed by atoms with E-state index in [1.54, 1.807) is 36.0 Å². The van der Waals surface area contributed by atoms with E-state index >= 15 is 0 Å². The first-order chi connectivity index (χ1) is 9.66. The number of nitrogens with zero attached hydrogens (tertiary/aromatic N) is 3. The van der Waals surface area contributed by atoms with Crippen molar-refractivity contribution in [3.63, 3.8) is 0 Å². The van der Waals surface area contributed by atoms with Crippen molar-refractivity contribution >= 4 is 28.1 Å². The van der Waals surface area contributed by atoms with Crippen molar-refractivity contribution in [3.05, 3.63) is 56.9 Å². The normalized spacial score (nSPS) is 10.8. The molecule has 0 saturated heterocycles. The second kappa shape index (κ2) is 4.86. The summed E-state index contributed by atoms with van der Waals surface area (Å²) in [6.07, 6.45) is 1.63. The molecule has 2 heterocycles. The van der Waals surface area contributed by atoms with E-state index in [9.17, 15) is 14.7 Å². The van der Waals surface area contributed by atoms with Gasteiger partial charge in [0, 0.05) is 16.5 Å². The van der Waals surface area contributed by atoms with Gasteiger partial charge >= 0.3 is 5.97 Å². The second-order valence-electron chi connectivity index (χ2n) is 4.13. The first kappa shape index (κ1) is 12.5. The van der Waals surface area contributed by atoms with E-state index in [1.165, 1.54) is 16.0 Å². The summed E-state index contributed by atoms with van der Waals surface area (Å²) in [5, 5.41) is 13.9. The fraction of sp³-hybridized carbons (Fsp3) is 0.0769. The summed E-state index contributed by atoms with van der Waals surface area (Å²) in [5.41, 5.74) is 1.23. The molecule has 1 N–H and O–H groups in total. The first-order valence-electron chi connectivity index (χ1n) is 5.77. The third kappa shape index (κ3) is 2.08. The van der Waals surface area contributed by atoms with Crippen LogP contribution in [0.15, 0.2) is 40.8 Å². The van der Waals surface area contributed by atoms with Crippen LogP contribution in [-0.2, 0) is 6.54 Å². The van der Waals surface area contributed by atoms with E-state index in [0.29, 0.717) is 10.8 Å². The number of carboxylic acid groups (broad SMARTS) is 1. The highest BCUT2D eigenvalue weighted by Crippen LogP contribution is 2.14. The van der Waals surface area contributed by atoms with E-state index in [1.807, 2.05) is 0 Å². The molecule has 0 bridgehead atoms. The van der Waals surface area contributed by atoms with Crippen LogP contribution in [0, 0.1) is 0 Å². The number of aromatic nitrogens is 3. The summed E-state index contributed by atoms with van der Waals surface area (Å²) in [7, 11) is 0. The third-order valence-corrected chi connectivity index (χ3v) is 3.62. The molecule has 0 saturated carbocycles. The van der Waals surface area contributed by atoms with Gasteiger partial charge < -0.3 is 5.11 Å². The number of carbonyl (C=O) groups is 1. The van der Waals surface area contributed by atoms with E-state index < -0.39 is 5.97 Å². The molecular formula is C13H9N3O3S. The van der Waals surface area contributed by atoms with Gasteiger partial charge in [-0.25, -0.2) is 9.48 Å². The molecule has 0 aliphatic rings. The molecule has 0 spiro atoms. The molecule has 100 valence electrons. The maximum absolute atomic E-state index is 12.3. The van der Waals surface area contributed by atoms with Crippen LogP contribution in [0.5, 0.6) is 0 Å². The van der Waals surface area contributed by atoms with Crippen LogP contribution < -0.4 is 5.56 Å². The smallest absolute Gasteiger partial charge is 0.357 e. The van der Waals surface area contributed by atoms with Crippen molar-refractivity contribution in [2.45, 2.75) is 6.54 Å². The highest BCUT2D eigenvalue weighted by Gasteiger charge is 2.15. The predicted octanol–water partition coefficient (Wildman–Crippen LogP) is 1.60. The fourth-order valence-corrected chi connectivity index (χ4v) is 2.54. The Balaban J connectivity index is 2.25. The Morgan fingerprint density at radius 1 is 1.30 bits per heavy atom. The first-order valence-corrected chi connectivity index (χ1v) is 6.65. The average molecular weight is 287 g/mol. The number of hydrogen-bond acceptors (Lipinski definition) is 5. The average Bonchev–Trinajstić information content (AvgIpc) is 2.94. The molecule has 0 radical (unpaired) electrons. The van der Waals surface area contributed by atoms with E-state index in [2.05, 4.69) is 10.1 Å². The Morgan fingerprint density at radius 3 is 2.70 bits per heavy atom. The van der Waals surface area contributed by atoms with Crippen molar-refractivity contribution in [1.29, 1.82) is 0 Å². The van der Waals surface area contributed by atoms with Gasteiger partial charge in [-0.2, -0.15) is 5.10 Å². The quantitative estimate of drug-likeness (QED) is 0.791. The lowest BCUT2D eigenvalue weighted by Gasteiger charge is -2.07. The highest BCUT2D eigenvalue weighted by molar-refractivity contribution is 7.09. The molecule has 3 aromatic rings. The van der Waals surface area contributed by atoms with Gasteiger partial charge in [-0.1, -0.05) is 18.2 Å². The summed E-state index contributed by atoms with van der Waals surface area (Å²) < 4.78 is 1.17. The van der Waals surface area contributed by atoms with E-state index in [-0.39, 0.29) is 17.8 Å².